The lowest BCUT2D eigenvalue weighted by atomic mass is 9.97. The molecule has 0 radical (unpaired) electrons. The number of carbonyl (C=O) groups excluding carboxylic acids is 1. The fourth-order valence-electron chi connectivity index (χ4n) is 3.20. The Hall–Kier alpha value is -2.24. The Morgan fingerprint density at radius 1 is 1.24 bits per heavy atom. The van der Waals surface area contributed by atoms with Gasteiger partial charge in [-0.25, -0.2) is 4.39 Å². The predicted molar refractivity (Wildman–Crippen MR) is 95.9 cm³/mol. The highest BCUT2D eigenvalue weighted by Crippen LogP contribution is 2.26. The number of amides is 1. The van der Waals surface area contributed by atoms with Crippen LogP contribution in [-0.4, -0.2) is 17.6 Å². The van der Waals surface area contributed by atoms with Crippen LogP contribution in [0, 0.1) is 12.7 Å². The summed E-state index contributed by atoms with van der Waals surface area (Å²) in [5.41, 5.74) is 4.61. The van der Waals surface area contributed by atoms with Gasteiger partial charge in [0, 0.05) is 24.7 Å². The molecule has 2 unspecified atom stereocenters. The molecule has 0 saturated carbocycles. The smallest absolute Gasteiger partial charge is 0.224 e. The quantitative estimate of drug-likeness (QED) is 0.780. The third-order valence-electron chi connectivity index (χ3n) is 4.73. The minimum absolute atomic E-state index is 0.0540. The number of anilines is 1. The van der Waals surface area contributed by atoms with Crippen LogP contribution in [0.3, 0.4) is 0 Å². The van der Waals surface area contributed by atoms with Gasteiger partial charge in [-0.3, -0.25) is 4.79 Å². The minimum Gasteiger partial charge on any atom is -0.387 e. The van der Waals surface area contributed by atoms with E-state index in [0.717, 1.165) is 34.4 Å². The molecule has 0 saturated heterocycles. The Bertz CT molecular complexity index is 791. The van der Waals surface area contributed by atoms with Crippen LogP contribution in [0.2, 0.25) is 0 Å². The molecule has 1 aliphatic rings. The molecule has 5 heteroatoms. The van der Waals surface area contributed by atoms with Crippen molar-refractivity contribution < 1.29 is 14.3 Å². The van der Waals surface area contributed by atoms with Crippen LogP contribution in [-0.2, 0) is 11.2 Å². The zero-order valence-corrected chi connectivity index (χ0v) is 14.5. The van der Waals surface area contributed by atoms with Gasteiger partial charge < -0.3 is 15.7 Å². The Morgan fingerprint density at radius 3 is 2.80 bits per heavy atom. The van der Waals surface area contributed by atoms with Crippen molar-refractivity contribution in [2.45, 2.75) is 38.8 Å². The Kier molecular flexibility index (Phi) is 5.16. The topological polar surface area (TPSA) is 61.4 Å². The van der Waals surface area contributed by atoms with Gasteiger partial charge in [-0.15, -0.1) is 0 Å². The average Bonchev–Trinajstić information content (AvgIpc) is 2.58. The van der Waals surface area contributed by atoms with Crippen LogP contribution < -0.4 is 10.6 Å². The molecular weight excluding hydrogens is 319 g/mol. The van der Waals surface area contributed by atoms with E-state index in [1.807, 2.05) is 19.1 Å². The third-order valence-corrected chi connectivity index (χ3v) is 4.73. The molecule has 3 rings (SSSR count). The first kappa shape index (κ1) is 17.6. The summed E-state index contributed by atoms with van der Waals surface area (Å²) in [6.45, 7) is 4.21. The maximum Gasteiger partial charge on any atom is 0.224 e. The largest absolute Gasteiger partial charge is 0.387 e. The number of aliphatic hydroxyl groups is 1. The SMILES string of the molecule is Cc1cc(F)ccc1C(O)CNC(C)c1ccc2c(c1)CCC(=O)N2. The van der Waals surface area contributed by atoms with Gasteiger partial charge in [0.1, 0.15) is 5.82 Å². The van der Waals surface area contributed by atoms with E-state index in [0.29, 0.717) is 13.0 Å². The highest BCUT2D eigenvalue weighted by molar-refractivity contribution is 5.93. The molecule has 0 aromatic heterocycles. The molecule has 2 atom stereocenters. The second kappa shape index (κ2) is 7.33. The molecule has 25 heavy (non-hydrogen) atoms. The van der Waals surface area contributed by atoms with Gasteiger partial charge in [0.2, 0.25) is 5.91 Å². The molecule has 3 N–H and O–H groups in total. The number of halogens is 1. The Morgan fingerprint density at radius 2 is 2.04 bits per heavy atom. The van der Waals surface area contributed by atoms with Crippen molar-refractivity contribution >= 4 is 11.6 Å². The minimum atomic E-state index is -0.694. The molecule has 0 spiro atoms. The molecule has 4 nitrogen and oxygen atoms in total. The molecule has 1 heterocycles. The second-order valence-corrected chi connectivity index (χ2v) is 6.61. The summed E-state index contributed by atoms with van der Waals surface area (Å²) in [5, 5.41) is 16.6. The summed E-state index contributed by atoms with van der Waals surface area (Å²) in [4.78, 5) is 11.4. The summed E-state index contributed by atoms with van der Waals surface area (Å²) < 4.78 is 13.2. The fourth-order valence-corrected chi connectivity index (χ4v) is 3.20. The molecular formula is C20H23FN2O2. The van der Waals surface area contributed by atoms with Crippen LogP contribution >= 0.6 is 0 Å². The summed E-state index contributed by atoms with van der Waals surface area (Å²) >= 11 is 0. The number of hydrogen-bond donors (Lipinski definition) is 3. The van der Waals surface area contributed by atoms with Crippen molar-refractivity contribution in [1.82, 2.24) is 5.32 Å². The van der Waals surface area contributed by atoms with E-state index in [-0.39, 0.29) is 17.8 Å². The maximum atomic E-state index is 13.2. The van der Waals surface area contributed by atoms with E-state index >= 15 is 0 Å². The van der Waals surface area contributed by atoms with Gasteiger partial charge in [-0.05, 0) is 60.7 Å². The monoisotopic (exact) mass is 342 g/mol. The van der Waals surface area contributed by atoms with Crippen LogP contribution in [0.15, 0.2) is 36.4 Å². The number of rotatable bonds is 5. The molecule has 132 valence electrons. The lowest BCUT2D eigenvalue weighted by Gasteiger charge is -2.22. The van der Waals surface area contributed by atoms with E-state index in [9.17, 15) is 14.3 Å². The highest BCUT2D eigenvalue weighted by Gasteiger charge is 2.17. The fraction of sp³-hybridized carbons (Fsp3) is 0.350. The first-order valence-electron chi connectivity index (χ1n) is 8.54. The first-order chi connectivity index (χ1) is 11.9. The lowest BCUT2D eigenvalue weighted by molar-refractivity contribution is -0.116. The van der Waals surface area contributed by atoms with Crippen molar-refractivity contribution in [2.75, 3.05) is 11.9 Å². The molecule has 2 aromatic carbocycles. The van der Waals surface area contributed by atoms with Crippen molar-refractivity contribution in [3.8, 4) is 0 Å². The van der Waals surface area contributed by atoms with Crippen LogP contribution in [0.5, 0.6) is 0 Å². The van der Waals surface area contributed by atoms with Crippen molar-refractivity contribution in [1.29, 1.82) is 0 Å². The summed E-state index contributed by atoms with van der Waals surface area (Å²) in [5.74, 6) is -0.236. The van der Waals surface area contributed by atoms with E-state index in [2.05, 4.69) is 16.7 Å². The maximum absolute atomic E-state index is 13.2. The molecule has 0 fully saturated rings. The van der Waals surface area contributed by atoms with Crippen LogP contribution in [0.1, 0.15) is 47.7 Å². The average molecular weight is 342 g/mol. The van der Waals surface area contributed by atoms with Crippen LogP contribution in [0.4, 0.5) is 10.1 Å². The Labute approximate surface area is 147 Å². The van der Waals surface area contributed by atoms with Gasteiger partial charge in [0.25, 0.3) is 0 Å². The predicted octanol–water partition coefficient (Wildman–Crippen LogP) is 3.40. The zero-order chi connectivity index (χ0) is 18.0. The van der Waals surface area contributed by atoms with Gasteiger partial charge in [0.05, 0.1) is 6.10 Å². The summed E-state index contributed by atoms with van der Waals surface area (Å²) in [6.07, 6.45) is 0.569. The van der Waals surface area contributed by atoms with E-state index in [1.54, 1.807) is 13.0 Å². The molecule has 2 aromatic rings. The number of benzene rings is 2. The van der Waals surface area contributed by atoms with Crippen molar-refractivity contribution in [3.63, 3.8) is 0 Å². The molecule has 0 bridgehead atoms. The number of fused-ring (bicyclic) bond motifs is 1. The van der Waals surface area contributed by atoms with Crippen molar-refractivity contribution in [3.05, 3.63) is 64.5 Å². The van der Waals surface area contributed by atoms with Gasteiger partial charge in [-0.2, -0.15) is 0 Å². The van der Waals surface area contributed by atoms with Crippen molar-refractivity contribution in [2.24, 2.45) is 0 Å². The molecule has 1 aliphatic heterocycles. The highest BCUT2D eigenvalue weighted by atomic mass is 19.1. The van der Waals surface area contributed by atoms with Gasteiger partial charge in [0.15, 0.2) is 0 Å². The Balaban J connectivity index is 1.64. The van der Waals surface area contributed by atoms with Gasteiger partial charge in [-0.1, -0.05) is 18.2 Å². The summed E-state index contributed by atoms with van der Waals surface area (Å²) in [7, 11) is 0. The third kappa shape index (κ3) is 4.06. The van der Waals surface area contributed by atoms with E-state index in [1.165, 1.54) is 12.1 Å². The lowest BCUT2D eigenvalue weighted by Crippen LogP contribution is -2.25. The van der Waals surface area contributed by atoms with Gasteiger partial charge >= 0.3 is 0 Å². The van der Waals surface area contributed by atoms with E-state index < -0.39 is 6.10 Å². The number of hydrogen-bond acceptors (Lipinski definition) is 3. The number of aryl methyl sites for hydroxylation is 2. The number of aliphatic hydroxyl groups excluding tert-OH is 1. The van der Waals surface area contributed by atoms with E-state index in [4.69, 9.17) is 0 Å². The molecule has 1 amide bonds. The normalized spacial score (nSPS) is 16.1. The standard InChI is InChI=1S/C20H23FN2O2/c1-12-9-16(21)5-6-17(12)19(24)11-22-13(2)14-3-7-18-15(10-14)4-8-20(25)23-18/h3,5-7,9-10,13,19,22,24H,4,8,11H2,1-2H3,(H,23,25). The van der Waals surface area contributed by atoms with Crippen LogP contribution in [0.25, 0.3) is 0 Å². The second-order valence-electron chi connectivity index (χ2n) is 6.61. The molecule has 0 aliphatic carbocycles. The summed E-state index contributed by atoms with van der Waals surface area (Å²) in [6, 6.07) is 10.5. The first-order valence-corrected chi connectivity index (χ1v) is 8.54. The number of nitrogens with one attached hydrogen (secondary N) is 2. The number of carbonyl (C=O) groups is 1. The zero-order valence-electron chi connectivity index (χ0n) is 14.5.